The van der Waals surface area contributed by atoms with Gasteiger partial charge in [0.05, 0.1) is 11.1 Å². The van der Waals surface area contributed by atoms with Gasteiger partial charge in [-0.1, -0.05) is 55.8 Å². The van der Waals surface area contributed by atoms with Gasteiger partial charge in [0.25, 0.3) is 11.8 Å². The molecule has 0 bridgehead atoms. The molecule has 0 fully saturated rings. The number of carbonyl (C=O) groups excluding carboxylic acids is 3. The molecule has 1 aliphatic rings. The number of ether oxygens (including phenoxy) is 1. The Kier molecular flexibility index (Phi) is 8.07. The van der Waals surface area contributed by atoms with Crippen LogP contribution in [0.3, 0.4) is 0 Å². The molecule has 158 valence electrons. The summed E-state index contributed by atoms with van der Waals surface area (Å²) in [5.41, 5.74) is 1.37. The summed E-state index contributed by atoms with van der Waals surface area (Å²) in [4.78, 5) is 44.4. The first kappa shape index (κ1) is 22.6. The summed E-state index contributed by atoms with van der Waals surface area (Å²) >= 11 is 0. The van der Waals surface area contributed by atoms with E-state index in [1.807, 2.05) is 37.3 Å². The molecule has 1 heterocycles. The normalized spacial score (nSPS) is 13.1. The second-order valence-electron chi connectivity index (χ2n) is 6.35. The number of carboxylic acids is 1. The van der Waals surface area contributed by atoms with E-state index in [9.17, 15) is 19.2 Å². The van der Waals surface area contributed by atoms with E-state index >= 15 is 0 Å². The fourth-order valence-electron chi connectivity index (χ4n) is 2.63. The fourth-order valence-corrected chi connectivity index (χ4v) is 2.63. The van der Waals surface area contributed by atoms with E-state index < -0.39 is 29.9 Å². The summed E-state index contributed by atoms with van der Waals surface area (Å²) in [6.45, 7) is 1.98. The molecular weight excluding hydrogens is 392 g/mol. The Morgan fingerprint density at radius 3 is 2.03 bits per heavy atom. The number of imide groups is 1. The zero-order valence-corrected chi connectivity index (χ0v) is 16.3. The second kappa shape index (κ2) is 10.7. The molecule has 0 aliphatic carbocycles. The molecule has 3 amide bonds. The Morgan fingerprint density at radius 2 is 1.53 bits per heavy atom. The predicted octanol–water partition coefficient (Wildman–Crippen LogP) is 2.84. The van der Waals surface area contributed by atoms with Gasteiger partial charge in [-0.2, -0.15) is 0 Å². The van der Waals surface area contributed by atoms with Crippen molar-refractivity contribution in [2.24, 2.45) is 0 Å². The third-order valence-corrected chi connectivity index (χ3v) is 4.15. The lowest BCUT2D eigenvalue weighted by Crippen LogP contribution is -2.40. The Bertz CT molecular complexity index is 880. The number of fused-ring (bicyclic) bond motifs is 1. The molecule has 0 unspecified atom stereocenters. The Morgan fingerprint density at radius 1 is 1.00 bits per heavy atom. The number of carbonyl (C=O) groups is 4. The molecule has 9 heteroatoms. The van der Waals surface area contributed by atoms with Crippen LogP contribution in [0.5, 0.6) is 0 Å². The van der Waals surface area contributed by atoms with Gasteiger partial charge in [0.15, 0.2) is 0 Å². The standard InChI is InChI=1S/C13H17NO4.C8H5NO3/c1-2-6-11(12(15)16)14-13(17)18-9-10-7-4-3-5-8-10;10-7-5-3-1-2-4-6(5)8(11)9(7)12/h3-5,7-8,11H,2,6,9H2,1H3,(H,14,17)(H,15,16);1-4,12H/t11-;/m0./s1. The molecule has 3 rings (SSSR count). The van der Waals surface area contributed by atoms with E-state index in [0.717, 1.165) is 5.56 Å². The molecule has 2 aromatic rings. The molecule has 0 aromatic heterocycles. The summed E-state index contributed by atoms with van der Waals surface area (Å²) in [5.74, 6) is -2.36. The van der Waals surface area contributed by atoms with Gasteiger partial charge in [-0.25, -0.2) is 9.59 Å². The topological polar surface area (TPSA) is 133 Å². The molecule has 30 heavy (non-hydrogen) atoms. The number of alkyl carbamates (subject to hydrolysis) is 1. The molecule has 9 nitrogen and oxygen atoms in total. The number of carboxylic acid groups (broad SMARTS) is 1. The third-order valence-electron chi connectivity index (χ3n) is 4.15. The predicted molar refractivity (Wildman–Crippen MR) is 105 cm³/mol. The van der Waals surface area contributed by atoms with Gasteiger partial charge in [0, 0.05) is 0 Å². The molecule has 3 N–H and O–H groups in total. The summed E-state index contributed by atoms with van der Waals surface area (Å²) in [7, 11) is 0. The lowest BCUT2D eigenvalue weighted by Gasteiger charge is -2.13. The maximum absolute atomic E-state index is 11.4. The van der Waals surface area contributed by atoms with Crippen molar-refractivity contribution in [2.45, 2.75) is 32.4 Å². The van der Waals surface area contributed by atoms with Crippen LogP contribution >= 0.6 is 0 Å². The Labute approximate surface area is 172 Å². The number of nitrogens with one attached hydrogen (secondary N) is 1. The van der Waals surface area contributed by atoms with Crippen molar-refractivity contribution in [1.82, 2.24) is 10.4 Å². The average Bonchev–Trinajstić information content (AvgIpc) is 2.97. The molecular formula is C21H22N2O7. The van der Waals surface area contributed by atoms with Gasteiger partial charge in [0.2, 0.25) is 0 Å². The van der Waals surface area contributed by atoms with E-state index in [-0.39, 0.29) is 22.8 Å². The quantitative estimate of drug-likeness (QED) is 0.489. The molecule has 0 radical (unpaired) electrons. The first-order valence-electron chi connectivity index (χ1n) is 9.21. The molecule has 0 saturated heterocycles. The van der Waals surface area contributed by atoms with Gasteiger partial charge in [-0.15, -0.1) is 5.06 Å². The number of hydrogen-bond acceptors (Lipinski definition) is 6. The summed E-state index contributed by atoms with van der Waals surface area (Å²) in [5, 5.41) is 20.2. The van der Waals surface area contributed by atoms with Gasteiger partial charge >= 0.3 is 12.1 Å². The van der Waals surface area contributed by atoms with E-state index in [4.69, 9.17) is 15.1 Å². The van der Waals surface area contributed by atoms with E-state index in [1.54, 1.807) is 12.1 Å². The third kappa shape index (κ3) is 5.89. The highest BCUT2D eigenvalue weighted by Gasteiger charge is 2.34. The summed E-state index contributed by atoms with van der Waals surface area (Å²) in [6, 6.07) is 14.6. The van der Waals surface area contributed by atoms with Crippen molar-refractivity contribution < 1.29 is 34.2 Å². The van der Waals surface area contributed by atoms with E-state index in [1.165, 1.54) is 12.1 Å². The van der Waals surface area contributed by atoms with Crippen LogP contribution in [0.15, 0.2) is 54.6 Å². The second-order valence-corrected chi connectivity index (χ2v) is 6.35. The summed E-state index contributed by atoms with van der Waals surface area (Å²) < 4.78 is 4.94. The van der Waals surface area contributed by atoms with Crippen molar-refractivity contribution >= 4 is 23.9 Å². The number of benzene rings is 2. The maximum atomic E-state index is 11.4. The Hall–Kier alpha value is -3.72. The van der Waals surface area contributed by atoms with Gasteiger partial charge in [-0.3, -0.25) is 14.8 Å². The largest absolute Gasteiger partial charge is 0.480 e. The first-order valence-corrected chi connectivity index (χ1v) is 9.21. The summed E-state index contributed by atoms with van der Waals surface area (Å²) in [6.07, 6.45) is 0.353. The highest BCUT2D eigenvalue weighted by atomic mass is 16.5. The van der Waals surface area contributed by atoms with Crippen LogP contribution in [0.1, 0.15) is 46.0 Å². The van der Waals surface area contributed by atoms with Gasteiger partial charge in [0.1, 0.15) is 12.6 Å². The molecule has 1 aliphatic heterocycles. The van der Waals surface area contributed by atoms with Crippen LogP contribution in [0.2, 0.25) is 0 Å². The highest BCUT2D eigenvalue weighted by molar-refractivity contribution is 6.20. The van der Waals surface area contributed by atoms with Crippen LogP contribution in [-0.4, -0.2) is 45.3 Å². The molecule has 1 atom stereocenters. The van der Waals surface area contributed by atoms with Crippen molar-refractivity contribution in [1.29, 1.82) is 0 Å². The zero-order valence-electron chi connectivity index (χ0n) is 16.3. The molecule has 0 saturated carbocycles. The van der Waals surface area contributed by atoms with Gasteiger partial charge in [-0.05, 0) is 24.1 Å². The number of hydrogen-bond donors (Lipinski definition) is 3. The van der Waals surface area contributed by atoms with E-state index in [2.05, 4.69) is 5.32 Å². The monoisotopic (exact) mass is 414 g/mol. The van der Waals surface area contributed by atoms with Gasteiger partial charge < -0.3 is 15.2 Å². The SMILES string of the molecule is CCC[C@H](NC(=O)OCc1ccccc1)C(=O)O.O=C1c2ccccc2C(=O)N1O. The fraction of sp³-hybridized carbons (Fsp3) is 0.238. The van der Waals surface area contributed by atoms with E-state index in [0.29, 0.717) is 12.8 Å². The minimum Gasteiger partial charge on any atom is -0.480 e. The number of amides is 3. The van der Waals surface area contributed by atoms with Crippen LogP contribution in [-0.2, 0) is 16.1 Å². The van der Waals surface area contributed by atoms with Crippen molar-refractivity contribution in [3.63, 3.8) is 0 Å². The average molecular weight is 414 g/mol. The minimum atomic E-state index is -1.05. The minimum absolute atomic E-state index is 0.130. The first-order chi connectivity index (χ1) is 14.3. The zero-order chi connectivity index (χ0) is 22.1. The van der Waals surface area contributed by atoms with Crippen LogP contribution in [0, 0.1) is 0 Å². The highest BCUT2D eigenvalue weighted by Crippen LogP contribution is 2.20. The Balaban J connectivity index is 0.000000230. The van der Waals surface area contributed by atoms with Crippen LogP contribution < -0.4 is 5.32 Å². The lowest BCUT2D eigenvalue weighted by molar-refractivity contribution is -0.139. The maximum Gasteiger partial charge on any atom is 0.408 e. The van der Waals surface area contributed by atoms with Crippen molar-refractivity contribution in [3.05, 3.63) is 71.3 Å². The van der Waals surface area contributed by atoms with Crippen LogP contribution in [0.25, 0.3) is 0 Å². The molecule has 0 spiro atoms. The number of nitrogens with zero attached hydrogens (tertiary/aromatic N) is 1. The number of hydroxylamine groups is 2. The number of rotatable bonds is 6. The lowest BCUT2D eigenvalue weighted by atomic mass is 10.1. The van der Waals surface area contributed by atoms with Crippen molar-refractivity contribution in [3.8, 4) is 0 Å². The number of aliphatic carboxylic acids is 1. The van der Waals surface area contributed by atoms with Crippen LogP contribution in [0.4, 0.5) is 4.79 Å². The van der Waals surface area contributed by atoms with Crippen molar-refractivity contribution in [2.75, 3.05) is 0 Å². The molecule has 2 aromatic carbocycles. The smallest absolute Gasteiger partial charge is 0.408 e.